The molecule has 0 saturated heterocycles. The quantitative estimate of drug-likeness (QED) is 0.693. The third-order valence-corrected chi connectivity index (χ3v) is 8.23. The molecule has 1 saturated carbocycles. The number of nitrogens with zero attached hydrogens (tertiary/aromatic N) is 1. The van der Waals surface area contributed by atoms with Gasteiger partial charge in [-0.3, -0.25) is 14.3 Å². The van der Waals surface area contributed by atoms with Crippen molar-refractivity contribution in [1.82, 2.24) is 9.55 Å². The average molecular weight is 432 g/mol. The van der Waals surface area contributed by atoms with Crippen LogP contribution in [-0.2, 0) is 12.8 Å². The normalized spacial score (nSPS) is 26.7. The van der Waals surface area contributed by atoms with E-state index in [4.69, 9.17) is 5.73 Å². The van der Waals surface area contributed by atoms with Crippen LogP contribution in [0, 0.1) is 5.92 Å². The van der Waals surface area contributed by atoms with Gasteiger partial charge in [0.25, 0.3) is 5.56 Å². The van der Waals surface area contributed by atoms with Gasteiger partial charge >= 0.3 is 5.69 Å². The lowest BCUT2D eigenvalue weighted by molar-refractivity contribution is 0.216. The SMILES string of the molecule is CC1c2c(c(=O)[nH]c(=O)n2C2CC2)C=C(F)C1c1cc2c(s1)CCC(C(N)CO)C2. The van der Waals surface area contributed by atoms with Crippen LogP contribution in [-0.4, -0.2) is 27.3 Å². The second-order valence-electron chi connectivity index (χ2n) is 8.90. The lowest BCUT2D eigenvalue weighted by atomic mass is 9.80. The Hall–Kier alpha value is -2.03. The molecule has 1 fully saturated rings. The summed E-state index contributed by atoms with van der Waals surface area (Å²) in [7, 11) is 0. The summed E-state index contributed by atoms with van der Waals surface area (Å²) in [5.74, 6) is -0.905. The number of fused-ring (bicyclic) bond motifs is 2. The van der Waals surface area contributed by atoms with Crippen LogP contribution in [0.15, 0.2) is 21.5 Å². The molecule has 4 unspecified atom stereocenters. The summed E-state index contributed by atoms with van der Waals surface area (Å²) >= 11 is 1.63. The Kier molecular flexibility index (Phi) is 4.83. The number of halogens is 1. The van der Waals surface area contributed by atoms with E-state index in [0.717, 1.165) is 37.0 Å². The smallest absolute Gasteiger partial charge is 0.328 e. The number of hydrogen-bond acceptors (Lipinski definition) is 5. The number of aromatic amines is 1. The molecule has 6 nitrogen and oxygen atoms in total. The second-order valence-corrected chi connectivity index (χ2v) is 10.1. The highest BCUT2D eigenvalue weighted by Gasteiger charge is 2.39. The zero-order chi connectivity index (χ0) is 21.2. The van der Waals surface area contributed by atoms with Crippen molar-refractivity contribution in [3.05, 3.63) is 59.3 Å². The summed E-state index contributed by atoms with van der Waals surface area (Å²) in [6.45, 7) is 1.88. The van der Waals surface area contributed by atoms with Crippen LogP contribution >= 0.6 is 11.3 Å². The number of nitrogens with two attached hydrogens (primary N) is 1. The molecular weight excluding hydrogens is 405 g/mol. The Morgan fingerprint density at radius 1 is 1.37 bits per heavy atom. The molecule has 2 aromatic heterocycles. The lowest BCUT2D eigenvalue weighted by Gasteiger charge is -2.29. The van der Waals surface area contributed by atoms with Crippen molar-refractivity contribution in [3.8, 4) is 0 Å². The van der Waals surface area contributed by atoms with Gasteiger partial charge in [-0.25, -0.2) is 9.18 Å². The molecule has 160 valence electrons. The van der Waals surface area contributed by atoms with Crippen molar-refractivity contribution < 1.29 is 9.50 Å². The molecule has 0 aromatic carbocycles. The number of aryl methyl sites for hydroxylation is 1. The zero-order valence-electron chi connectivity index (χ0n) is 16.9. The monoisotopic (exact) mass is 431 g/mol. The van der Waals surface area contributed by atoms with Crippen LogP contribution < -0.4 is 17.0 Å². The molecule has 5 rings (SSSR count). The molecule has 0 spiro atoms. The molecule has 30 heavy (non-hydrogen) atoms. The number of thiophene rings is 1. The van der Waals surface area contributed by atoms with E-state index < -0.39 is 17.2 Å². The summed E-state index contributed by atoms with van der Waals surface area (Å²) in [5.41, 5.74) is 7.26. The fourth-order valence-corrected chi connectivity index (χ4v) is 6.55. The van der Waals surface area contributed by atoms with E-state index in [1.54, 1.807) is 15.9 Å². The van der Waals surface area contributed by atoms with Gasteiger partial charge in [0.05, 0.1) is 18.1 Å². The van der Waals surface area contributed by atoms with E-state index in [1.165, 1.54) is 16.5 Å². The summed E-state index contributed by atoms with van der Waals surface area (Å²) in [6, 6.07) is 1.93. The molecule has 4 atom stereocenters. The average Bonchev–Trinajstić information content (AvgIpc) is 3.46. The van der Waals surface area contributed by atoms with Gasteiger partial charge in [0.2, 0.25) is 0 Å². The van der Waals surface area contributed by atoms with Gasteiger partial charge in [0.1, 0.15) is 5.83 Å². The van der Waals surface area contributed by atoms with Gasteiger partial charge in [-0.15, -0.1) is 11.3 Å². The van der Waals surface area contributed by atoms with Gasteiger partial charge in [0, 0.05) is 33.4 Å². The maximum atomic E-state index is 15.3. The van der Waals surface area contributed by atoms with Crippen molar-refractivity contribution in [1.29, 1.82) is 0 Å². The van der Waals surface area contributed by atoms with Crippen LogP contribution in [0.3, 0.4) is 0 Å². The molecule has 4 N–H and O–H groups in total. The molecule has 0 aliphatic heterocycles. The summed E-state index contributed by atoms with van der Waals surface area (Å²) in [4.78, 5) is 29.4. The van der Waals surface area contributed by atoms with Crippen molar-refractivity contribution in [2.75, 3.05) is 6.61 Å². The Morgan fingerprint density at radius 2 is 2.13 bits per heavy atom. The Morgan fingerprint density at radius 3 is 2.83 bits per heavy atom. The molecule has 2 aromatic rings. The fraction of sp³-hybridized carbons (Fsp3) is 0.545. The minimum absolute atomic E-state index is 0.0297. The number of aliphatic hydroxyl groups is 1. The number of rotatable bonds is 4. The molecular formula is C22H26FN3O3S. The molecule has 3 aliphatic rings. The topological polar surface area (TPSA) is 101 Å². The fourth-order valence-electron chi connectivity index (χ4n) is 5.13. The van der Waals surface area contributed by atoms with E-state index in [1.807, 2.05) is 6.92 Å². The summed E-state index contributed by atoms with van der Waals surface area (Å²) in [6.07, 6.45) is 5.73. The number of aromatic nitrogens is 2. The first-order valence-corrected chi connectivity index (χ1v) is 11.4. The summed E-state index contributed by atoms with van der Waals surface area (Å²) < 4.78 is 17.0. The lowest BCUT2D eigenvalue weighted by Crippen LogP contribution is -2.37. The van der Waals surface area contributed by atoms with Crippen molar-refractivity contribution in [2.45, 2.75) is 62.9 Å². The zero-order valence-corrected chi connectivity index (χ0v) is 17.7. The van der Waals surface area contributed by atoms with Crippen LogP contribution in [0.2, 0.25) is 0 Å². The highest BCUT2D eigenvalue weighted by molar-refractivity contribution is 7.12. The van der Waals surface area contributed by atoms with Crippen LogP contribution in [0.25, 0.3) is 6.08 Å². The van der Waals surface area contributed by atoms with Gasteiger partial charge in [-0.2, -0.15) is 0 Å². The molecule has 0 amide bonds. The first-order chi connectivity index (χ1) is 14.4. The molecule has 3 aliphatic carbocycles. The summed E-state index contributed by atoms with van der Waals surface area (Å²) in [5, 5.41) is 9.39. The number of allylic oxidation sites excluding steroid dienone is 1. The van der Waals surface area contributed by atoms with Crippen LogP contribution in [0.4, 0.5) is 4.39 Å². The number of H-pyrrole nitrogens is 1. The number of aliphatic hydroxyl groups excluding tert-OH is 1. The largest absolute Gasteiger partial charge is 0.395 e. The van der Waals surface area contributed by atoms with Gasteiger partial charge < -0.3 is 10.8 Å². The third kappa shape index (κ3) is 3.13. The van der Waals surface area contributed by atoms with E-state index in [2.05, 4.69) is 11.1 Å². The maximum absolute atomic E-state index is 15.3. The van der Waals surface area contributed by atoms with E-state index in [0.29, 0.717) is 5.69 Å². The Labute approximate surface area is 177 Å². The number of nitrogens with one attached hydrogen (secondary N) is 1. The van der Waals surface area contributed by atoms with Crippen molar-refractivity contribution in [2.24, 2.45) is 11.7 Å². The van der Waals surface area contributed by atoms with E-state index in [-0.39, 0.29) is 41.9 Å². The number of hydrogen-bond donors (Lipinski definition) is 3. The van der Waals surface area contributed by atoms with Crippen molar-refractivity contribution in [3.63, 3.8) is 0 Å². The van der Waals surface area contributed by atoms with Crippen LogP contribution in [0.5, 0.6) is 0 Å². The first-order valence-electron chi connectivity index (χ1n) is 10.6. The maximum Gasteiger partial charge on any atom is 0.328 e. The van der Waals surface area contributed by atoms with Crippen molar-refractivity contribution >= 4 is 17.4 Å². The minimum Gasteiger partial charge on any atom is -0.395 e. The van der Waals surface area contributed by atoms with Gasteiger partial charge in [0.15, 0.2) is 0 Å². The Bertz CT molecular complexity index is 1140. The standard InChI is InChI=1S/C22H26FN3O3S/c1-10-19(18-7-12-6-11(16(24)9-27)2-5-17(12)30-18)15(23)8-14-20(10)26(13-3-4-13)22(29)25-21(14)28/h7-8,10-11,13,16,19,27H,2-6,9,24H2,1H3,(H,25,28,29). The van der Waals surface area contributed by atoms with E-state index in [9.17, 15) is 14.7 Å². The predicted molar refractivity (Wildman–Crippen MR) is 115 cm³/mol. The molecule has 0 bridgehead atoms. The van der Waals surface area contributed by atoms with Crippen LogP contribution in [0.1, 0.15) is 70.6 Å². The van der Waals surface area contributed by atoms with Gasteiger partial charge in [-0.05, 0) is 55.7 Å². The predicted octanol–water partition coefficient (Wildman–Crippen LogP) is 2.57. The first kappa shape index (κ1) is 19.9. The second kappa shape index (κ2) is 7.28. The minimum atomic E-state index is -0.515. The van der Waals surface area contributed by atoms with Gasteiger partial charge in [-0.1, -0.05) is 6.92 Å². The molecule has 2 heterocycles. The molecule has 8 heteroatoms. The highest BCUT2D eigenvalue weighted by atomic mass is 32.1. The Balaban J connectivity index is 1.55. The third-order valence-electron chi connectivity index (χ3n) is 6.90. The molecule has 0 radical (unpaired) electrons. The van der Waals surface area contributed by atoms with E-state index >= 15 is 4.39 Å². The highest BCUT2D eigenvalue weighted by Crippen LogP contribution is 2.49.